The van der Waals surface area contributed by atoms with Gasteiger partial charge in [0.25, 0.3) is 0 Å². The number of aryl methyl sites for hydroxylation is 1. The molecule has 3 rings (SSSR count). The number of methoxy groups -OCH3 is 2. The number of carbonyl (C=O) groups is 1. The molecule has 0 aliphatic heterocycles. The summed E-state index contributed by atoms with van der Waals surface area (Å²) in [4.78, 5) is 16.7. The van der Waals surface area contributed by atoms with Crippen molar-refractivity contribution in [1.29, 1.82) is 0 Å². The van der Waals surface area contributed by atoms with E-state index in [0.29, 0.717) is 28.8 Å². The van der Waals surface area contributed by atoms with E-state index in [1.54, 1.807) is 20.3 Å². The first-order chi connectivity index (χ1) is 12.6. The van der Waals surface area contributed by atoms with Crippen LogP contribution in [0.5, 0.6) is 11.5 Å². The Balaban J connectivity index is 1.71. The Morgan fingerprint density at radius 3 is 2.50 bits per heavy atom. The Hall–Kier alpha value is -3.28. The topological polar surface area (TPSA) is 73.6 Å². The van der Waals surface area contributed by atoms with Crippen LogP contribution in [0.15, 0.2) is 53.1 Å². The molecule has 0 atom stereocenters. The molecule has 0 saturated carbocycles. The van der Waals surface area contributed by atoms with E-state index in [2.05, 4.69) is 10.3 Å². The fourth-order valence-electron chi connectivity index (χ4n) is 2.58. The van der Waals surface area contributed by atoms with Gasteiger partial charge < -0.3 is 19.2 Å². The van der Waals surface area contributed by atoms with E-state index in [1.807, 2.05) is 43.3 Å². The smallest absolute Gasteiger partial charge is 0.230 e. The maximum atomic E-state index is 12.4. The van der Waals surface area contributed by atoms with Gasteiger partial charge in [-0.25, -0.2) is 4.98 Å². The van der Waals surface area contributed by atoms with Gasteiger partial charge >= 0.3 is 0 Å². The lowest BCUT2D eigenvalue weighted by Gasteiger charge is -2.13. The second-order valence-electron chi connectivity index (χ2n) is 5.76. The van der Waals surface area contributed by atoms with E-state index < -0.39 is 0 Å². The van der Waals surface area contributed by atoms with Crippen LogP contribution in [0.25, 0.3) is 11.5 Å². The highest BCUT2D eigenvalue weighted by molar-refractivity contribution is 5.93. The van der Waals surface area contributed by atoms with Crippen molar-refractivity contribution in [3.05, 3.63) is 60.0 Å². The quantitative estimate of drug-likeness (QED) is 0.729. The second-order valence-corrected chi connectivity index (χ2v) is 5.76. The molecule has 134 valence electrons. The van der Waals surface area contributed by atoms with Crippen LogP contribution in [0, 0.1) is 6.92 Å². The normalized spacial score (nSPS) is 10.4. The first-order valence-electron chi connectivity index (χ1n) is 8.13. The number of oxazole rings is 1. The van der Waals surface area contributed by atoms with E-state index in [9.17, 15) is 4.79 Å². The number of nitrogens with zero attached hydrogens (tertiary/aromatic N) is 1. The highest BCUT2D eigenvalue weighted by atomic mass is 16.5. The number of nitrogens with one attached hydrogen (secondary N) is 1. The van der Waals surface area contributed by atoms with Crippen LogP contribution in [-0.4, -0.2) is 25.1 Å². The lowest BCUT2D eigenvalue weighted by atomic mass is 10.1. The fourth-order valence-corrected chi connectivity index (χ4v) is 2.58. The number of carbonyl (C=O) groups excluding carboxylic acids is 1. The summed E-state index contributed by atoms with van der Waals surface area (Å²) in [7, 11) is 3.13. The summed E-state index contributed by atoms with van der Waals surface area (Å²) in [5.74, 6) is 1.48. The van der Waals surface area contributed by atoms with E-state index in [4.69, 9.17) is 13.9 Å². The molecule has 0 unspecified atom stereocenters. The van der Waals surface area contributed by atoms with E-state index >= 15 is 0 Å². The van der Waals surface area contributed by atoms with Gasteiger partial charge in [0.1, 0.15) is 6.26 Å². The predicted molar refractivity (Wildman–Crippen MR) is 98.6 cm³/mol. The SMILES string of the molecule is COc1cc(C)c(NC(=O)Cc2coc(-c3ccccc3)n2)cc1OC. The van der Waals surface area contributed by atoms with Crippen LogP contribution >= 0.6 is 0 Å². The molecule has 0 bridgehead atoms. The van der Waals surface area contributed by atoms with Crippen molar-refractivity contribution >= 4 is 11.6 Å². The first kappa shape index (κ1) is 17.5. The van der Waals surface area contributed by atoms with Crippen LogP contribution in [0.4, 0.5) is 5.69 Å². The summed E-state index contributed by atoms with van der Waals surface area (Å²) in [5, 5.41) is 2.88. The summed E-state index contributed by atoms with van der Waals surface area (Å²) in [6.07, 6.45) is 1.62. The maximum Gasteiger partial charge on any atom is 0.230 e. The number of aromatic nitrogens is 1. The highest BCUT2D eigenvalue weighted by Crippen LogP contribution is 2.33. The molecular formula is C20H20N2O4. The average Bonchev–Trinajstić information content (AvgIpc) is 3.12. The molecule has 0 aliphatic carbocycles. The summed E-state index contributed by atoms with van der Waals surface area (Å²) in [6.45, 7) is 1.89. The second kappa shape index (κ2) is 7.74. The molecule has 0 saturated heterocycles. The Morgan fingerprint density at radius 2 is 1.81 bits per heavy atom. The third-order valence-electron chi connectivity index (χ3n) is 3.92. The lowest BCUT2D eigenvalue weighted by Crippen LogP contribution is -2.15. The average molecular weight is 352 g/mol. The minimum absolute atomic E-state index is 0.115. The van der Waals surface area contributed by atoms with Crippen LogP contribution in [0.2, 0.25) is 0 Å². The number of benzene rings is 2. The van der Waals surface area contributed by atoms with E-state index in [0.717, 1.165) is 11.1 Å². The first-order valence-corrected chi connectivity index (χ1v) is 8.13. The molecule has 6 nitrogen and oxygen atoms in total. The summed E-state index contributed by atoms with van der Waals surface area (Å²) < 4.78 is 16.0. The summed E-state index contributed by atoms with van der Waals surface area (Å²) >= 11 is 0. The van der Waals surface area contributed by atoms with Crippen LogP contribution in [0.3, 0.4) is 0 Å². The van der Waals surface area contributed by atoms with Crippen molar-refractivity contribution in [1.82, 2.24) is 4.98 Å². The minimum atomic E-state index is -0.187. The Labute approximate surface area is 151 Å². The van der Waals surface area contributed by atoms with Crippen LogP contribution in [-0.2, 0) is 11.2 Å². The van der Waals surface area contributed by atoms with Crippen molar-refractivity contribution in [3.8, 4) is 23.0 Å². The Bertz CT molecular complexity index is 903. The number of anilines is 1. The molecule has 6 heteroatoms. The molecule has 2 aromatic carbocycles. The third kappa shape index (κ3) is 3.85. The van der Waals surface area contributed by atoms with Gasteiger partial charge in [0, 0.05) is 17.3 Å². The maximum absolute atomic E-state index is 12.4. The number of hydrogen-bond acceptors (Lipinski definition) is 5. The molecule has 0 aliphatic rings. The van der Waals surface area contributed by atoms with E-state index in [-0.39, 0.29) is 12.3 Å². The molecule has 26 heavy (non-hydrogen) atoms. The van der Waals surface area contributed by atoms with Gasteiger partial charge in [-0.3, -0.25) is 4.79 Å². The zero-order valence-electron chi connectivity index (χ0n) is 14.9. The molecule has 1 heterocycles. The monoisotopic (exact) mass is 352 g/mol. The highest BCUT2D eigenvalue weighted by Gasteiger charge is 2.14. The summed E-state index contributed by atoms with van der Waals surface area (Å²) in [5.41, 5.74) is 2.98. The van der Waals surface area contributed by atoms with Crippen molar-refractivity contribution in [2.45, 2.75) is 13.3 Å². The zero-order valence-corrected chi connectivity index (χ0v) is 14.9. The molecule has 1 aromatic heterocycles. The standard InChI is InChI=1S/C20H20N2O4/c1-13-9-17(24-2)18(25-3)11-16(13)22-19(23)10-15-12-26-20(21-15)14-7-5-4-6-8-14/h4-9,11-12H,10H2,1-3H3,(H,22,23). The Morgan fingerprint density at radius 1 is 1.12 bits per heavy atom. The molecular weight excluding hydrogens is 332 g/mol. The fraction of sp³-hybridized carbons (Fsp3) is 0.200. The number of ether oxygens (including phenoxy) is 2. The zero-order chi connectivity index (χ0) is 18.5. The largest absolute Gasteiger partial charge is 0.493 e. The van der Waals surface area contributed by atoms with Crippen molar-refractivity contribution in [3.63, 3.8) is 0 Å². The van der Waals surface area contributed by atoms with Gasteiger partial charge in [0.15, 0.2) is 11.5 Å². The molecule has 3 aromatic rings. The number of hydrogen-bond donors (Lipinski definition) is 1. The molecule has 0 spiro atoms. The Kier molecular flexibility index (Phi) is 5.22. The van der Waals surface area contributed by atoms with E-state index in [1.165, 1.54) is 6.26 Å². The predicted octanol–water partition coefficient (Wildman–Crippen LogP) is 3.85. The van der Waals surface area contributed by atoms with Gasteiger partial charge in [-0.2, -0.15) is 0 Å². The van der Waals surface area contributed by atoms with Gasteiger partial charge in [-0.1, -0.05) is 18.2 Å². The molecule has 0 radical (unpaired) electrons. The van der Waals surface area contributed by atoms with Gasteiger partial charge in [-0.05, 0) is 30.7 Å². The van der Waals surface area contributed by atoms with Crippen LogP contribution in [0.1, 0.15) is 11.3 Å². The van der Waals surface area contributed by atoms with Gasteiger partial charge in [-0.15, -0.1) is 0 Å². The van der Waals surface area contributed by atoms with Crippen molar-refractivity contribution in [2.75, 3.05) is 19.5 Å². The molecule has 0 fully saturated rings. The van der Waals surface area contributed by atoms with Crippen molar-refractivity contribution in [2.24, 2.45) is 0 Å². The molecule has 1 N–H and O–H groups in total. The number of amides is 1. The minimum Gasteiger partial charge on any atom is -0.493 e. The molecule has 1 amide bonds. The lowest BCUT2D eigenvalue weighted by molar-refractivity contribution is -0.115. The van der Waals surface area contributed by atoms with Crippen molar-refractivity contribution < 1.29 is 18.7 Å². The van der Waals surface area contributed by atoms with Crippen LogP contribution < -0.4 is 14.8 Å². The summed E-state index contributed by atoms with van der Waals surface area (Å²) in [6, 6.07) is 13.1. The third-order valence-corrected chi connectivity index (χ3v) is 3.92. The van der Waals surface area contributed by atoms with Gasteiger partial charge in [0.2, 0.25) is 11.8 Å². The number of rotatable bonds is 6. The van der Waals surface area contributed by atoms with Gasteiger partial charge in [0.05, 0.1) is 26.3 Å².